The van der Waals surface area contributed by atoms with Gasteiger partial charge in [-0.2, -0.15) is 0 Å². The van der Waals surface area contributed by atoms with Gasteiger partial charge in [-0.1, -0.05) is 18.2 Å². The summed E-state index contributed by atoms with van der Waals surface area (Å²) in [5.74, 6) is 0.945. The van der Waals surface area contributed by atoms with Gasteiger partial charge in [0.15, 0.2) is 0 Å². The lowest BCUT2D eigenvalue weighted by Gasteiger charge is -2.22. The van der Waals surface area contributed by atoms with Crippen LogP contribution in [0.15, 0.2) is 42.5 Å². The second kappa shape index (κ2) is 5.66. The van der Waals surface area contributed by atoms with Crippen LogP contribution in [-0.2, 0) is 4.74 Å². The van der Waals surface area contributed by atoms with E-state index in [-0.39, 0.29) is 6.10 Å². The van der Waals surface area contributed by atoms with Crippen molar-refractivity contribution in [3.8, 4) is 5.75 Å². The van der Waals surface area contributed by atoms with Gasteiger partial charge in [-0.05, 0) is 43.5 Å². The summed E-state index contributed by atoms with van der Waals surface area (Å²) in [5, 5.41) is 2.61. The predicted molar refractivity (Wildman–Crippen MR) is 88.4 cm³/mol. The Kier molecular flexibility index (Phi) is 3.53. The van der Waals surface area contributed by atoms with Gasteiger partial charge in [-0.25, -0.2) is 0 Å². The minimum Gasteiger partial charge on any atom is -0.491 e. The summed E-state index contributed by atoms with van der Waals surface area (Å²) in [4.78, 5) is 0. The van der Waals surface area contributed by atoms with E-state index in [1.165, 1.54) is 33.0 Å². The van der Waals surface area contributed by atoms with Crippen molar-refractivity contribution in [1.82, 2.24) is 0 Å². The van der Waals surface area contributed by atoms with Gasteiger partial charge in [0.05, 0.1) is 6.10 Å². The summed E-state index contributed by atoms with van der Waals surface area (Å²) < 4.78 is 14.3. The van der Waals surface area contributed by atoms with Crippen molar-refractivity contribution >= 4 is 31.5 Å². The van der Waals surface area contributed by atoms with Gasteiger partial charge >= 0.3 is 0 Å². The molecule has 0 N–H and O–H groups in total. The zero-order valence-electron chi connectivity index (χ0n) is 11.9. The first-order valence-corrected chi connectivity index (χ1v) is 8.37. The molecule has 2 heterocycles. The molecule has 21 heavy (non-hydrogen) atoms. The molecule has 1 aromatic heterocycles. The van der Waals surface area contributed by atoms with Gasteiger partial charge in [0, 0.05) is 26.8 Å². The van der Waals surface area contributed by atoms with E-state index >= 15 is 0 Å². The summed E-state index contributed by atoms with van der Waals surface area (Å²) in [5.41, 5.74) is 0. The number of rotatable bonds is 3. The third kappa shape index (κ3) is 2.63. The number of ether oxygens (including phenoxy) is 2. The van der Waals surface area contributed by atoms with Crippen molar-refractivity contribution in [1.29, 1.82) is 0 Å². The molecule has 2 aromatic carbocycles. The Hall–Kier alpha value is -1.58. The number of hydrogen-bond donors (Lipinski definition) is 0. The first kappa shape index (κ1) is 13.1. The van der Waals surface area contributed by atoms with E-state index in [1.807, 2.05) is 11.3 Å². The molecular formula is C18H18O2S. The number of thiophene rings is 1. The molecule has 4 rings (SSSR count). The number of fused-ring (bicyclic) bond motifs is 3. The van der Waals surface area contributed by atoms with Crippen LogP contribution in [0.25, 0.3) is 20.2 Å². The van der Waals surface area contributed by atoms with Crippen LogP contribution in [0, 0.1) is 0 Å². The summed E-state index contributed by atoms with van der Waals surface area (Å²) >= 11 is 1.84. The molecule has 1 aliphatic heterocycles. The second-order valence-electron chi connectivity index (χ2n) is 5.56. The zero-order valence-corrected chi connectivity index (χ0v) is 12.7. The summed E-state index contributed by atoms with van der Waals surface area (Å²) in [6.45, 7) is 1.54. The Morgan fingerprint density at radius 3 is 2.86 bits per heavy atom. The SMILES string of the molecule is c1ccc2c(c1)sc1ccc(OCC3CCCCO3)cc12. The number of benzene rings is 2. The summed E-state index contributed by atoms with van der Waals surface area (Å²) in [6, 6.07) is 14.9. The molecule has 0 amide bonds. The average Bonchev–Trinajstić information content (AvgIpc) is 2.92. The van der Waals surface area contributed by atoms with Gasteiger partial charge in [0.2, 0.25) is 0 Å². The van der Waals surface area contributed by atoms with Crippen LogP contribution in [0.1, 0.15) is 19.3 Å². The Bertz CT molecular complexity index is 756. The van der Waals surface area contributed by atoms with Gasteiger partial charge in [0.1, 0.15) is 12.4 Å². The minimum atomic E-state index is 0.258. The first-order valence-electron chi connectivity index (χ1n) is 7.56. The molecule has 3 heteroatoms. The molecule has 1 aliphatic rings. The molecule has 108 valence electrons. The third-order valence-corrected chi connectivity index (χ3v) is 5.21. The average molecular weight is 298 g/mol. The lowest BCUT2D eigenvalue weighted by Crippen LogP contribution is -2.25. The third-order valence-electron chi connectivity index (χ3n) is 4.06. The predicted octanol–water partition coefficient (Wildman–Crippen LogP) is 5.00. The lowest BCUT2D eigenvalue weighted by atomic mass is 10.1. The molecule has 1 atom stereocenters. The Morgan fingerprint density at radius 1 is 1.05 bits per heavy atom. The Labute approximate surface area is 128 Å². The van der Waals surface area contributed by atoms with Crippen LogP contribution in [0.3, 0.4) is 0 Å². The van der Waals surface area contributed by atoms with Crippen molar-refractivity contribution < 1.29 is 9.47 Å². The van der Waals surface area contributed by atoms with Gasteiger partial charge in [-0.15, -0.1) is 11.3 Å². The fraction of sp³-hybridized carbons (Fsp3) is 0.333. The lowest BCUT2D eigenvalue weighted by molar-refractivity contribution is -0.0110. The Balaban J connectivity index is 1.59. The normalized spacial score (nSPS) is 19.1. The highest BCUT2D eigenvalue weighted by Gasteiger charge is 2.14. The number of hydrogen-bond acceptors (Lipinski definition) is 3. The van der Waals surface area contributed by atoms with Crippen molar-refractivity contribution in [3.05, 3.63) is 42.5 Å². The first-order chi connectivity index (χ1) is 10.4. The van der Waals surface area contributed by atoms with E-state index in [1.54, 1.807) is 0 Å². The largest absolute Gasteiger partial charge is 0.491 e. The molecule has 1 fully saturated rings. The van der Waals surface area contributed by atoms with Gasteiger partial charge < -0.3 is 9.47 Å². The van der Waals surface area contributed by atoms with Crippen molar-refractivity contribution in [2.45, 2.75) is 25.4 Å². The van der Waals surface area contributed by atoms with Crippen LogP contribution in [0.2, 0.25) is 0 Å². The second-order valence-corrected chi connectivity index (χ2v) is 6.64. The molecular weight excluding hydrogens is 280 g/mol. The maximum Gasteiger partial charge on any atom is 0.120 e. The Morgan fingerprint density at radius 2 is 1.95 bits per heavy atom. The molecule has 0 radical (unpaired) electrons. The van der Waals surface area contributed by atoms with Crippen LogP contribution < -0.4 is 4.74 Å². The van der Waals surface area contributed by atoms with Crippen LogP contribution in [-0.4, -0.2) is 19.3 Å². The van der Waals surface area contributed by atoms with E-state index in [0.717, 1.165) is 18.8 Å². The molecule has 0 bridgehead atoms. The van der Waals surface area contributed by atoms with E-state index in [9.17, 15) is 0 Å². The molecule has 0 saturated carbocycles. The fourth-order valence-corrected chi connectivity index (χ4v) is 4.01. The van der Waals surface area contributed by atoms with Crippen LogP contribution in [0.4, 0.5) is 0 Å². The van der Waals surface area contributed by atoms with E-state index in [2.05, 4.69) is 42.5 Å². The quantitative estimate of drug-likeness (QED) is 0.677. The zero-order chi connectivity index (χ0) is 14.1. The van der Waals surface area contributed by atoms with E-state index in [0.29, 0.717) is 6.61 Å². The highest BCUT2D eigenvalue weighted by Crippen LogP contribution is 2.35. The van der Waals surface area contributed by atoms with Crippen molar-refractivity contribution in [2.24, 2.45) is 0 Å². The summed E-state index contributed by atoms with van der Waals surface area (Å²) in [7, 11) is 0. The van der Waals surface area contributed by atoms with Crippen LogP contribution >= 0.6 is 11.3 Å². The smallest absolute Gasteiger partial charge is 0.120 e. The molecule has 1 unspecified atom stereocenters. The van der Waals surface area contributed by atoms with Gasteiger partial charge in [-0.3, -0.25) is 0 Å². The molecule has 3 aromatic rings. The summed E-state index contributed by atoms with van der Waals surface area (Å²) in [6.07, 6.45) is 3.81. The molecule has 0 spiro atoms. The fourth-order valence-electron chi connectivity index (χ4n) is 2.92. The maximum atomic E-state index is 5.95. The topological polar surface area (TPSA) is 18.5 Å². The van der Waals surface area contributed by atoms with Crippen molar-refractivity contribution in [3.63, 3.8) is 0 Å². The minimum absolute atomic E-state index is 0.258. The maximum absolute atomic E-state index is 5.95. The molecule has 1 saturated heterocycles. The van der Waals surface area contributed by atoms with Crippen LogP contribution in [0.5, 0.6) is 5.75 Å². The van der Waals surface area contributed by atoms with E-state index in [4.69, 9.17) is 9.47 Å². The molecule has 0 aliphatic carbocycles. The van der Waals surface area contributed by atoms with E-state index < -0.39 is 0 Å². The monoisotopic (exact) mass is 298 g/mol. The standard InChI is InChI=1S/C18H18O2S/c1-2-7-17-15(6-1)16-11-13(8-9-18(16)21-17)20-12-14-5-3-4-10-19-14/h1-2,6-9,11,14H,3-5,10,12H2. The highest BCUT2D eigenvalue weighted by molar-refractivity contribution is 7.25. The van der Waals surface area contributed by atoms with Gasteiger partial charge in [0.25, 0.3) is 0 Å². The highest BCUT2D eigenvalue weighted by atomic mass is 32.1. The van der Waals surface area contributed by atoms with Crippen molar-refractivity contribution in [2.75, 3.05) is 13.2 Å². The molecule has 2 nitrogen and oxygen atoms in total.